The van der Waals surface area contributed by atoms with E-state index in [2.05, 4.69) is 21.2 Å². The molecule has 3 rings (SSSR count). The Morgan fingerprint density at radius 1 is 1.10 bits per heavy atom. The zero-order valence-electron chi connectivity index (χ0n) is 10.3. The number of anilines is 1. The molecule has 20 heavy (non-hydrogen) atoms. The molecule has 0 radical (unpaired) electrons. The molecule has 0 saturated heterocycles. The van der Waals surface area contributed by atoms with Crippen LogP contribution < -0.4 is 14.8 Å². The van der Waals surface area contributed by atoms with Gasteiger partial charge in [0.1, 0.15) is 0 Å². The van der Waals surface area contributed by atoms with E-state index in [1.807, 2.05) is 30.3 Å². The van der Waals surface area contributed by atoms with E-state index in [-0.39, 0.29) is 6.79 Å². The van der Waals surface area contributed by atoms with E-state index in [0.29, 0.717) is 28.1 Å². The van der Waals surface area contributed by atoms with Crippen LogP contribution in [0.2, 0.25) is 10.0 Å². The number of ether oxygens (including phenoxy) is 2. The van der Waals surface area contributed by atoms with Gasteiger partial charge in [0.05, 0.1) is 10.0 Å². The number of halogens is 3. The molecule has 0 aliphatic carbocycles. The van der Waals surface area contributed by atoms with Crippen molar-refractivity contribution >= 4 is 44.8 Å². The normalized spacial score (nSPS) is 12.6. The van der Waals surface area contributed by atoms with Gasteiger partial charge in [-0.15, -0.1) is 0 Å². The summed E-state index contributed by atoms with van der Waals surface area (Å²) < 4.78 is 11.5. The van der Waals surface area contributed by atoms with Crippen LogP contribution in [-0.2, 0) is 6.54 Å². The Morgan fingerprint density at radius 3 is 2.75 bits per heavy atom. The third-order valence-electron chi connectivity index (χ3n) is 2.90. The molecular weight excluding hydrogens is 365 g/mol. The van der Waals surface area contributed by atoms with Crippen LogP contribution in [0.4, 0.5) is 5.69 Å². The summed E-state index contributed by atoms with van der Waals surface area (Å²) in [7, 11) is 0. The molecule has 2 aromatic carbocycles. The fourth-order valence-corrected chi connectivity index (χ4v) is 2.65. The van der Waals surface area contributed by atoms with Crippen molar-refractivity contribution in [2.24, 2.45) is 0 Å². The topological polar surface area (TPSA) is 30.5 Å². The number of benzene rings is 2. The minimum atomic E-state index is 0.217. The van der Waals surface area contributed by atoms with Crippen LogP contribution in [0.5, 0.6) is 11.5 Å². The first-order chi connectivity index (χ1) is 9.63. The number of hydrogen-bond donors (Lipinski definition) is 1. The Morgan fingerprint density at radius 2 is 1.95 bits per heavy atom. The maximum atomic E-state index is 6.14. The Labute approximate surface area is 134 Å². The van der Waals surface area contributed by atoms with E-state index in [0.717, 1.165) is 15.7 Å². The van der Waals surface area contributed by atoms with Gasteiger partial charge in [-0.25, -0.2) is 0 Å². The smallest absolute Gasteiger partial charge is 0.231 e. The summed E-state index contributed by atoms with van der Waals surface area (Å²) in [6.07, 6.45) is 0. The third kappa shape index (κ3) is 2.82. The minimum absolute atomic E-state index is 0.217. The molecule has 0 fully saturated rings. The summed E-state index contributed by atoms with van der Waals surface area (Å²) in [6, 6.07) is 9.49. The molecule has 1 N–H and O–H groups in total. The Kier molecular flexibility index (Phi) is 3.96. The van der Waals surface area contributed by atoms with Gasteiger partial charge in [-0.1, -0.05) is 23.2 Å². The second-order valence-electron chi connectivity index (χ2n) is 4.29. The van der Waals surface area contributed by atoms with Crippen LogP contribution in [-0.4, -0.2) is 6.79 Å². The molecule has 1 heterocycles. The van der Waals surface area contributed by atoms with Crippen LogP contribution in [0, 0.1) is 0 Å². The highest BCUT2D eigenvalue weighted by atomic mass is 79.9. The maximum Gasteiger partial charge on any atom is 0.231 e. The molecule has 6 heteroatoms. The van der Waals surface area contributed by atoms with E-state index in [1.165, 1.54) is 0 Å². The highest BCUT2D eigenvalue weighted by Gasteiger charge is 2.18. The van der Waals surface area contributed by atoms with Crippen LogP contribution >= 0.6 is 39.1 Å². The zero-order valence-corrected chi connectivity index (χ0v) is 13.3. The van der Waals surface area contributed by atoms with Crippen LogP contribution in [0.15, 0.2) is 34.8 Å². The summed E-state index contributed by atoms with van der Waals surface area (Å²) in [5.74, 6) is 1.30. The lowest BCUT2D eigenvalue weighted by Gasteiger charge is -2.09. The van der Waals surface area contributed by atoms with Gasteiger partial charge in [-0.3, -0.25) is 0 Å². The van der Waals surface area contributed by atoms with Crippen LogP contribution in [0.3, 0.4) is 0 Å². The first kappa shape index (κ1) is 13.9. The van der Waals surface area contributed by atoms with Gasteiger partial charge >= 0.3 is 0 Å². The van der Waals surface area contributed by atoms with Crippen molar-refractivity contribution < 1.29 is 9.47 Å². The summed E-state index contributed by atoms with van der Waals surface area (Å²) in [6.45, 7) is 0.836. The zero-order chi connectivity index (χ0) is 14.1. The van der Waals surface area contributed by atoms with Gasteiger partial charge in [-0.05, 0) is 51.8 Å². The predicted molar refractivity (Wildman–Crippen MR) is 84.1 cm³/mol. The molecule has 0 atom stereocenters. The largest absolute Gasteiger partial charge is 0.454 e. The van der Waals surface area contributed by atoms with E-state index in [1.54, 1.807) is 0 Å². The van der Waals surface area contributed by atoms with Crippen molar-refractivity contribution in [1.29, 1.82) is 0 Å². The lowest BCUT2D eigenvalue weighted by Crippen LogP contribution is -1.99. The molecule has 1 aliphatic rings. The van der Waals surface area contributed by atoms with Gasteiger partial charge in [0.2, 0.25) is 6.79 Å². The molecule has 3 nitrogen and oxygen atoms in total. The highest BCUT2D eigenvalue weighted by molar-refractivity contribution is 9.10. The van der Waals surface area contributed by atoms with Crippen molar-refractivity contribution in [3.05, 3.63) is 50.4 Å². The Bertz CT molecular complexity index is 664. The van der Waals surface area contributed by atoms with Gasteiger partial charge < -0.3 is 14.8 Å². The number of nitrogens with one attached hydrogen (secondary N) is 1. The quantitative estimate of drug-likeness (QED) is 0.810. The first-order valence-electron chi connectivity index (χ1n) is 5.90. The molecule has 0 unspecified atom stereocenters. The molecular formula is C14H10BrCl2NO2. The molecule has 1 aliphatic heterocycles. The predicted octanol–water partition coefficient (Wildman–Crippen LogP) is 5.10. The third-order valence-corrected chi connectivity index (χ3v) is 4.42. The van der Waals surface area contributed by atoms with E-state index >= 15 is 0 Å². The molecule has 0 spiro atoms. The Balaban J connectivity index is 1.75. The fourth-order valence-electron chi connectivity index (χ4n) is 1.93. The van der Waals surface area contributed by atoms with Crippen molar-refractivity contribution in [2.45, 2.75) is 6.54 Å². The van der Waals surface area contributed by atoms with Crippen LogP contribution in [0.25, 0.3) is 0 Å². The van der Waals surface area contributed by atoms with E-state index < -0.39 is 0 Å². The molecule has 0 saturated carbocycles. The number of fused-ring (bicyclic) bond motifs is 1. The van der Waals surface area contributed by atoms with Crippen LogP contribution in [0.1, 0.15) is 5.56 Å². The summed E-state index contributed by atoms with van der Waals surface area (Å²) in [4.78, 5) is 0. The highest BCUT2D eigenvalue weighted by Crippen LogP contribution is 2.40. The van der Waals surface area contributed by atoms with Gasteiger partial charge in [-0.2, -0.15) is 0 Å². The molecule has 0 amide bonds. The lowest BCUT2D eigenvalue weighted by atomic mass is 10.2. The van der Waals surface area contributed by atoms with E-state index in [9.17, 15) is 0 Å². The molecule has 0 bridgehead atoms. The minimum Gasteiger partial charge on any atom is -0.454 e. The monoisotopic (exact) mass is 373 g/mol. The van der Waals surface area contributed by atoms with E-state index in [4.69, 9.17) is 32.7 Å². The average Bonchev–Trinajstić information content (AvgIpc) is 2.89. The Hall–Kier alpha value is -1.10. The second kappa shape index (κ2) is 5.72. The average molecular weight is 375 g/mol. The number of rotatable bonds is 3. The summed E-state index contributed by atoms with van der Waals surface area (Å²) in [5.41, 5.74) is 1.95. The van der Waals surface area contributed by atoms with Crippen molar-refractivity contribution in [3.8, 4) is 11.5 Å². The van der Waals surface area contributed by atoms with Gasteiger partial charge in [0.15, 0.2) is 11.5 Å². The van der Waals surface area contributed by atoms with Crippen molar-refractivity contribution in [2.75, 3.05) is 12.1 Å². The SMILES string of the molecule is Clc1cc(NCc2cc(Cl)c3c(c2)OCO3)ccc1Br. The van der Waals surface area contributed by atoms with Gasteiger partial charge in [0, 0.05) is 16.7 Å². The fraction of sp³-hybridized carbons (Fsp3) is 0.143. The maximum absolute atomic E-state index is 6.14. The summed E-state index contributed by atoms with van der Waals surface area (Å²) in [5, 5.41) is 4.51. The molecule has 0 aromatic heterocycles. The second-order valence-corrected chi connectivity index (χ2v) is 5.96. The molecule has 104 valence electrons. The lowest BCUT2D eigenvalue weighted by molar-refractivity contribution is 0.174. The van der Waals surface area contributed by atoms with Crippen molar-refractivity contribution in [3.63, 3.8) is 0 Å². The summed E-state index contributed by atoms with van der Waals surface area (Å²) >= 11 is 15.6. The first-order valence-corrected chi connectivity index (χ1v) is 7.45. The van der Waals surface area contributed by atoms with Crippen molar-refractivity contribution in [1.82, 2.24) is 0 Å². The molecule has 2 aromatic rings. The van der Waals surface area contributed by atoms with Gasteiger partial charge in [0.25, 0.3) is 0 Å². The number of hydrogen-bond acceptors (Lipinski definition) is 3. The standard InChI is InChI=1S/C14H10BrCl2NO2/c15-10-2-1-9(5-11(10)16)18-6-8-3-12(17)14-13(4-8)19-7-20-14/h1-5,18H,6-7H2.